The molecule has 1 atom stereocenters. The van der Waals surface area contributed by atoms with Gasteiger partial charge in [-0.3, -0.25) is 0 Å². The van der Waals surface area contributed by atoms with E-state index >= 15 is 0 Å². The minimum absolute atomic E-state index is 0.172. The molecule has 0 amide bonds. The molecule has 0 aliphatic heterocycles. The molecule has 2 aromatic carbocycles. The highest BCUT2D eigenvalue weighted by molar-refractivity contribution is 6.22. The molecule has 0 saturated carbocycles. The summed E-state index contributed by atoms with van der Waals surface area (Å²) in [6.45, 7) is -1.45. The number of ether oxygens (including phenoxy) is 1. The fourth-order valence-corrected chi connectivity index (χ4v) is 2.17. The van der Waals surface area contributed by atoms with E-state index in [1.165, 1.54) is 0 Å². The predicted octanol–water partition coefficient (Wildman–Crippen LogP) is 4.70. The molecule has 0 aliphatic rings. The first-order chi connectivity index (χ1) is 8.97. The molecule has 102 valence electrons. The van der Waals surface area contributed by atoms with Crippen molar-refractivity contribution in [1.82, 2.24) is 0 Å². The van der Waals surface area contributed by atoms with E-state index in [-0.39, 0.29) is 6.61 Å². The number of fused-ring (bicyclic) bond motifs is 1. The van der Waals surface area contributed by atoms with Crippen LogP contribution >= 0.6 is 11.6 Å². The lowest BCUT2D eigenvalue weighted by Gasteiger charge is -2.14. The second kappa shape index (κ2) is 5.80. The summed E-state index contributed by atoms with van der Waals surface area (Å²) in [7, 11) is 0. The van der Waals surface area contributed by atoms with Gasteiger partial charge in [-0.1, -0.05) is 42.5 Å². The summed E-state index contributed by atoms with van der Waals surface area (Å²) in [5, 5.41) is 1.33. The molecule has 0 heterocycles. The fraction of sp³-hybridized carbons (Fsp3) is 0.286. The van der Waals surface area contributed by atoms with Crippen molar-refractivity contribution in [3.8, 4) is 0 Å². The van der Waals surface area contributed by atoms with E-state index in [2.05, 4.69) is 4.74 Å². The highest BCUT2D eigenvalue weighted by atomic mass is 35.5. The molecule has 0 radical (unpaired) electrons. The summed E-state index contributed by atoms with van der Waals surface area (Å²) in [6.07, 6.45) is -4.32. The molecule has 0 saturated heterocycles. The van der Waals surface area contributed by atoms with Crippen LogP contribution in [-0.2, 0) is 4.74 Å². The van der Waals surface area contributed by atoms with E-state index < -0.39 is 18.2 Å². The van der Waals surface area contributed by atoms with Crippen LogP contribution in [0.5, 0.6) is 0 Å². The van der Waals surface area contributed by atoms with E-state index in [0.717, 1.165) is 16.3 Å². The molecular formula is C14H12ClF3O. The predicted molar refractivity (Wildman–Crippen MR) is 69.4 cm³/mol. The van der Waals surface area contributed by atoms with Crippen molar-refractivity contribution in [2.24, 2.45) is 0 Å². The van der Waals surface area contributed by atoms with E-state index in [1.54, 1.807) is 6.07 Å². The van der Waals surface area contributed by atoms with Crippen molar-refractivity contribution in [1.29, 1.82) is 0 Å². The third-order valence-electron chi connectivity index (χ3n) is 2.69. The van der Waals surface area contributed by atoms with Crippen molar-refractivity contribution < 1.29 is 17.9 Å². The molecule has 19 heavy (non-hydrogen) atoms. The fourth-order valence-electron chi connectivity index (χ4n) is 1.89. The summed E-state index contributed by atoms with van der Waals surface area (Å²) in [6, 6.07) is 13.1. The van der Waals surface area contributed by atoms with Gasteiger partial charge in [-0.2, -0.15) is 13.2 Å². The number of benzene rings is 2. The third-order valence-corrected chi connectivity index (χ3v) is 3.05. The Morgan fingerprint density at radius 3 is 2.47 bits per heavy atom. The molecule has 2 aromatic rings. The third kappa shape index (κ3) is 3.85. The Labute approximate surface area is 113 Å². The number of rotatable bonds is 4. The Balaban J connectivity index is 2.11. The first-order valence-corrected chi connectivity index (χ1v) is 6.17. The van der Waals surface area contributed by atoms with Gasteiger partial charge < -0.3 is 4.74 Å². The lowest BCUT2D eigenvalue weighted by atomic mass is 10.0. The quantitative estimate of drug-likeness (QED) is 0.741. The van der Waals surface area contributed by atoms with E-state index in [0.29, 0.717) is 0 Å². The molecule has 0 aliphatic carbocycles. The number of hydrogen-bond acceptors (Lipinski definition) is 1. The molecule has 5 heteroatoms. The smallest absolute Gasteiger partial charge is 0.370 e. The van der Waals surface area contributed by atoms with E-state index in [9.17, 15) is 13.2 Å². The zero-order valence-electron chi connectivity index (χ0n) is 9.95. The molecular weight excluding hydrogens is 277 g/mol. The van der Waals surface area contributed by atoms with Gasteiger partial charge in [0, 0.05) is 0 Å². The van der Waals surface area contributed by atoms with E-state index in [4.69, 9.17) is 11.6 Å². The number of halogens is 4. The van der Waals surface area contributed by atoms with Crippen molar-refractivity contribution >= 4 is 22.4 Å². The van der Waals surface area contributed by atoms with Gasteiger partial charge in [0.1, 0.15) is 6.61 Å². The molecule has 0 bridgehead atoms. The van der Waals surface area contributed by atoms with E-state index in [1.807, 2.05) is 36.4 Å². The van der Waals surface area contributed by atoms with Gasteiger partial charge in [0.2, 0.25) is 0 Å². The van der Waals surface area contributed by atoms with Crippen molar-refractivity contribution in [2.45, 2.75) is 11.6 Å². The Hall–Kier alpha value is -1.26. The van der Waals surface area contributed by atoms with Crippen LogP contribution < -0.4 is 0 Å². The van der Waals surface area contributed by atoms with Gasteiger partial charge in [0.05, 0.1) is 12.0 Å². The summed E-state index contributed by atoms with van der Waals surface area (Å²) in [5.74, 6) is 0. The van der Waals surface area contributed by atoms with Gasteiger partial charge in [-0.25, -0.2) is 0 Å². The van der Waals surface area contributed by atoms with Crippen LogP contribution in [0.2, 0.25) is 0 Å². The van der Waals surface area contributed by atoms with Crippen LogP contribution in [-0.4, -0.2) is 19.4 Å². The second-order valence-electron chi connectivity index (χ2n) is 4.17. The monoisotopic (exact) mass is 288 g/mol. The van der Waals surface area contributed by atoms with Crippen LogP contribution in [0.15, 0.2) is 42.5 Å². The lowest BCUT2D eigenvalue weighted by Crippen LogP contribution is -2.18. The van der Waals surface area contributed by atoms with Crippen LogP contribution in [0.3, 0.4) is 0 Å². The maximum absolute atomic E-state index is 12.0. The Morgan fingerprint density at radius 1 is 1.05 bits per heavy atom. The summed E-state index contributed by atoms with van der Waals surface area (Å²) >= 11 is 6.12. The second-order valence-corrected chi connectivity index (χ2v) is 4.69. The average molecular weight is 289 g/mol. The largest absolute Gasteiger partial charge is 0.411 e. The zero-order chi connectivity index (χ0) is 13.9. The van der Waals surface area contributed by atoms with Gasteiger partial charge >= 0.3 is 6.18 Å². The normalized spacial score (nSPS) is 13.7. The summed E-state index contributed by atoms with van der Waals surface area (Å²) in [4.78, 5) is 0. The highest BCUT2D eigenvalue weighted by Crippen LogP contribution is 2.29. The van der Waals surface area contributed by atoms with Crippen molar-refractivity contribution in [2.75, 3.05) is 13.2 Å². The zero-order valence-corrected chi connectivity index (χ0v) is 10.7. The molecule has 0 aromatic heterocycles. The molecule has 2 rings (SSSR count). The maximum atomic E-state index is 12.0. The highest BCUT2D eigenvalue weighted by Gasteiger charge is 2.28. The van der Waals surface area contributed by atoms with Gasteiger partial charge in [-0.15, -0.1) is 11.6 Å². The Kier molecular flexibility index (Phi) is 4.32. The Morgan fingerprint density at radius 2 is 1.74 bits per heavy atom. The van der Waals surface area contributed by atoms with Crippen molar-refractivity contribution in [3.63, 3.8) is 0 Å². The van der Waals surface area contributed by atoms with Gasteiger partial charge in [0.25, 0.3) is 0 Å². The van der Waals surface area contributed by atoms with Crippen LogP contribution in [0.1, 0.15) is 10.9 Å². The van der Waals surface area contributed by atoms with Gasteiger partial charge in [-0.05, 0) is 16.3 Å². The molecule has 1 unspecified atom stereocenters. The lowest BCUT2D eigenvalue weighted by molar-refractivity contribution is -0.173. The maximum Gasteiger partial charge on any atom is 0.411 e. The average Bonchev–Trinajstić information content (AvgIpc) is 2.36. The standard InChI is InChI=1S/C14H12ClF3O/c15-13(8-19-9-14(16,17)18)12-7-3-5-10-4-1-2-6-11(10)12/h1-7,13H,8-9H2. The molecule has 0 N–H and O–H groups in total. The van der Waals surface area contributed by atoms with Crippen LogP contribution in [0.4, 0.5) is 13.2 Å². The van der Waals surface area contributed by atoms with Crippen LogP contribution in [0.25, 0.3) is 10.8 Å². The molecule has 0 fully saturated rings. The summed E-state index contributed by atoms with van der Waals surface area (Å²) < 4.78 is 40.6. The molecule has 1 nitrogen and oxygen atoms in total. The Bertz CT molecular complexity index is 548. The minimum atomic E-state index is -4.32. The first kappa shape index (κ1) is 14.2. The SMILES string of the molecule is FC(F)(F)COCC(Cl)c1cccc2ccccc12. The first-order valence-electron chi connectivity index (χ1n) is 5.73. The molecule has 0 spiro atoms. The van der Waals surface area contributed by atoms with Crippen LogP contribution in [0, 0.1) is 0 Å². The number of alkyl halides is 4. The number of hydrogen-bond donors (Lipinski definition) is 0. The topological polar surface area (TPSA) is 9.23 Å². The summed E-state index contributed by atoms with van der Waals surface area (Å²) in [5.41, 5.74) is 0.780. The van der Waals surface area contributed by atoms with Gasteiger partial charge in [0.15, 0.2) is 0 Å². The minimum Gasteiger partial charge on any atom is -0.370 e. The van der Waals surface area contributed by atoms with Crippen molar-refractivity contribution in [3.05, 3.63) is 48.0 Å².